The van der Waals surface area contributed by atoms with Gasteiger partial charge in [-0.2, -0.15) is 10.3 Å². The summed E-state index contributed by atoms with van der Waals surface area (Å²) in [6, 6.07) is 2.60. The van der Waals surface area contributed by atoms with Crippen LogP contribution in [-0.2, 0) is 12.8 Å². The van der Waals surface area contributed by atoms with Gasteiger partial charge in [0.25, 0.3) is 0 Å². The van der Waals surface area contributed by atoms with E-state index in [-0.39, 0.29) is 5.25 Å². The minimum atomic E-state index is -0.768. The van der Waals surface area contributed by atoms with Gasteiger partial charge in [0.05, 0.1) is 6.20 Å². The van der Waals surface area contributed by atoms with Crippen molar-refractivity contribution in [3.8, 4) is 0 Å². The van der Waals surface area contributed by atoms with E-state index in [1.165, 1.54) is 12.1 Å². The Balaban J connectivity index is 1.79. The second-order valence-corrected chi connectivity index (χ2v) is 5.31. The molecule has 2 aromatic rings. The number of fused-ring (bicyclic) bond motifs is 1. The average molecular weight is 253 g/mol. The van der Waals surface area contributed by atoms with E-state index in [9.17, 15) is 8.78 Å². The lowest BCUT2D eigenvalue weighted by Crippen LogP contribution is -2.00. The fraction of sp³-hybridized carbons (Fsp3) is 0.273. The van der Waals surface area contributed by atoms with Gasteiger partial charge in [0.2, 0.25) is 0 Å². The van der Waals surface area contributed by atoms with Crippen molar-refractivity contribution in [3.05, 3.63) is 41.1 Å². The highest BCUT2D eigenvalue weighted by Gasteiger charge is 2.24. The van der Waals surface area contributed by atoms with Crippen molar-refractivity contribution < 1.29 is 8.78 Å². The van der Waals surface area contributed by atoms with Crippen LogP contribution >= 0.6 is 11.8 Å². The Morgan fingerprint density at radius 3 is 2.35 bits per heavy atom. The molecule has 0 saturated carbocycles. The summed E-state index contributed by atoms with van der Waals surface area (Å²) in [5, 5.41) is 11.3. The maximum Gasteiger partial charge on any atom is 0.159 e. The fourth-order valence-electron chi connectivity index (χ4n) is 2.07. The van der Waals surface area contributed by atoms with E-state index < -0.39 is 11.6 Å². The molecule has 3 nitrogen and oxygen atoms in total. The van der Waals surface area contributed by atoms with Crippen LogP contribution < -0.4 is 0 Å². The Morgan fingerprint density at radius 1 is 1.18 bits per heavy atom. The average Bonchev–Trinajstić information content (AvgIpc) is 2.89. The van der Waals surface area contributed by atoms with Crippen LogP contribution in [0.1, 0.15) is 11.1 Å². The summed E-state index contributed by atoms with van der Waals surface area (Å²) in [5.74, 6) is -1.54. The standard InChI is InChI=1S/C11H9F2N3S/c12-9-3-6-1-8(2-7(6)4-10(9)13)17-11-5-14-16-15-11/h3-5,8H,1-2H2,(H,14,15,16). The molecule has 3 rings (SSSR count). The lowest BCUT2D eigenvalue weighted by Gasteiger charge is -2.04. The Labute approximate surface area is 101 Å². The number of benzene rings is 1. The molecular weight excluding hydrogens is 244 g/mol. The van der Waals surface area contributed by atoms with Gasteiger partial charge in [-0.15, -0.1) is 5.10 Å². The number of nitrogens with zero attached hydrogens (tertiary/aromatic N) is 2. The van der Waals surface area contributed by atoms with E-state index in [4.69, 9.17) is 0 Å². The largest absolute Gasteiger partial charge is 0.204 e. The van der Waals surface area contributed by atoms with Gasteiger partial charge in [0.1, 0.15) is 5.03 Å². The van der Waals surface area contributed by atoms with Crippen molar-refractivity contribution >= 4 is 11.8 Å². The van der Waals surface area contributed by atoms with Gasteiger partial charge in [0.15, 0.2) is 11.6 Å². The zero-order valence-electron chi connectivity index (χ0n) is 8.78. The number of hydrogen-bond acceptors (Lipinski definition) is 3. The topological polar surface area (TPSA) is 41.6 Å². The third kappa shape index (κ3) is 2.04. The predicted octanol–water partition coefficient (Wildman–Crippen LogP) is 2.34. The van der Waals surface area contributed by atoms with Crippen molar-refractivity contribution in [1.29, 1.82) is 0 Å². The molecule has 0 unspecified atom stereocenters. The summed E-state index contributed by atoms with van der Waals surface area (Å²) in [6.45, 7) is 0. The van der Waals surface area contributed by atoms with Crippen LogP contribution in [0.4, 0.5) is 8.78 Å². The van der Waals surface area contributed by atoms with Crippen molar-refractivity contribution in [1.82, 2.24) is 15.4 Å². The summed E-state index contributed by atoms with van der Waals surface area (Å²) in [6.07, 6.45) is 3.13. The van der Waals surface area contributed by atoms with Gasteiger partial charge >= 0.3 is 0 Å². The molecule has 1 heterocycles. The second kappa shape index (κ2) is 4.10. The molecule has 0 atom stereocenters. The number of hydrogen-bond donors (Lipinski definition) is 1. The third-order valence-electron chi connectivity index (χ3n) is 2.82. The molecule has 0 aliphatic heterocycles. The summed E-state index contributed by atoms with van der Waals surface area (Å²) < 4.78 is 26.1. The molecule has 0 bridgehead atoms. The van der Waals surface area contributed by atoms with Crippen molar-refractivity contribution in [3.63, 3.8) is 0 Å². The van der Waals surface area contributed by atoms with Gasteiger partial charge in [-0.1, -0.05) is 11.8 Å². The molecule has 0 amide bonds. The summed E-state index contributed by atoms with van der Waals surface area (Å²) in [4.78, 5) is 0. The molecule has 0 spiro atoms. The van der Waals surface area contributed by atoms with Crippen molar-refractivity contribution in [2.24, 2.45) is 0 Å². The first-order valence-corrected chi connectivity index (χ1v) is 6.09. The van der Waals surface area contributed by atoms with Crippen LogP contribution in [0.3, 0.4) is 0 Å². The fourth-order valence-corrected chi connectivity index (χ4v) is 3.15. The highest BCUT2D eigenvalue weighted by Crippen LogP contribution is 2.34. The van der Waals surface area contributed by atoms with Gasteiger partial charge in [-0.3, -0.25) is 0 Å². The number of nitrogens with one attached hydrogen (secondary N) is 1. The highest BCUT2D eigenvalue weighted by atomic mass is 32.2. The van der Waals surface area contributed by atoms with Gasteiger partial charge in [-0.05, 0) is 36.1 Å². The number of thioether (sulfide) groups is 1. The zero-order valence-corrected chi connectivity index (χ0v) is 9.60. The first-order valence-electron chi connectivity index (χ1n) is 5.21. The molecule has 1 aliphatic rings. The molecular formula is C11H9F2N3S. The van der Waals surface area contributed by atoms with E-state index in [2.05, 4.69) is 15.4 Å². The summed E-state index contributed by atoms with van der Waals surface area (Å²) in [5.41, 5.74) is 1.79. The Kier molecular flexibility index (Phi) is 2.58. The first-order chi connectivity index (χ1) is 8.22. The molecule has 1 aliphatic carbocycles. The normalized spacial score (nSPS) is 15.2. The van der Waals surface area contributed by atoms with E-state index in [0.717, 1.165) is 29.0 Å². The van der Waals surface area contributed by atoms with Crippen LogP contribution in [0.25, 0.3) is 0 Å². The van der Waals surface area contributed by atoms with Crippen LogP contribution in [0.2, 0.25) is 0 Å². The Morgan fingerprint density at radius 2 is 1.82 bits per heavy atom. The second-order valence-electron chi connectivity index (χ2n) is 3.99. The molecule has 17 heavy (non-hydrogen) atoms. The van der Waals surface area contributed by atoms with Gasteiger partial charge in [0, 0.05) is 5.25 Å². The highest BCUT2D eigenvalue weighted by molar-refractivity contribution is 7.99. The van der Waals surface area contributed by atoms with Crippen LogP contribution in [-0.4, -0.2) is 20.7 Å². The molecule has 0 fully saturated rings. The number of rotatable bonds is 2. The smallest absolute Gasteiger partial charge is 0.159 e. The Hall–Kier alpha value is -1.43. The Bertz CT molecular complexity index is 511. The maximum atomic E-state index is 13.1. The molecule has 88 valence electrons. The van der Waals surface area contributed by atoms with Crippen molar-refractivity contribution in [2.75, 3.05) is 0 Å². The maximum absolute atomic E-state index is 13.1. The monoisotopic (exact) mass is 253 g/mol. The van der Waals surface area contributed by atoms with E-state index >= 15 is 0 Å². The third-order valence-corrected chi connectivity index (χ3v) is 3.92. The lowest BCUT2D eigenvalue weighted by atomic mass is 10.1. The van der Waals surface area contributed by atoms with Crippen LogP contribution in [0.15, 0.2) is 23.4 Å². The molecule has 6 heteroatoms. The quantitative estimate of drug-likeness (QED) is 0.893. The number of aromatic nitrogens is 3. The van der Waals surface area contributed by atoms with E-state index in [0.29, 0.717) is 0 Å². The molecule has 1 aromatic carbocycles. The number of H-pyrrole nitrogens is 1. The van der Waals surface area contributed by atoms with E-state index in [1.807, 2.05) is 0 Å². The first kappa shape index (κ1) is 10.7. The minimum Gasteiger partial charge on any atom is -0.204 e. The minimum absolute atomic E-state index is 0.274. The van der Waals surface area contributed by atoms with E-state index in [1.54, 1.807) is 18.0 Å². The number of aromatic amines is 1. The van der Waals surface area contributed by atoms with Crippen LogP contribution in [0, 0.1) is 11.6 Å². The summed E-state index contributed by atoms with van der Waals surface area (Å²) in [7, 11) is 0. The molecule has 0 saturated heterocycles. The molecule has 1 N–H and O–H groups in total. The molecule has 0 radical (unpaired) electrons. The van der Waals surface area contributed by atoms with Gasteiger partial charge in [-0.25, -0.2) is 8.78 Å². The van der Waals surface area contributed by atoms with Crippen LogP contribution in [0.5, 0.6) is 0 Å². The SMILES string of the molecule is Fc1cc2c(cc1F)CC(Sc1cn[nH]n1)C2. The summed E-state index contributed by atoms with van der Waals surface area (Å²) >= 11 is 1.58. The van der Waals surface area contributed by atoms with Crippen molar-refractivity contribution in [2.45, 2.75) is 23.1 Å². The zero-order chi connectivity index (χ0) is 11.8. The number of halogens is 2. The molecule has 1 aromatic heterocycles. The predicted molar refractivity (Wildman–Crippen MR) is 59.8 cm³/mol. The lowest BCUT2D eigenvalue weighted by molar-refractivity contribution is 0.507. The van der Waals surface area contributed by atoms with Gasteiger partial charge < -0.3 is 0 Å².